The molecule has 0 aromatic heterocycles. The van der Waals surface area contributed by atoms with Crippen molar-refractivity contribution in [2.75, 3.05) is 0 Å². The van der Waals surface area contributed by atoms with Gasteiger partial charge in [-0.25, -0.2) is 0 Å². The molecule has 0 aromatic carbocycles. The monoisotopic (exact) mass is 253 g/mol. The number of ether oxygens (including phenoxy) is 1. The lowest BCUT2D eigenvalue weighted by Crippen LogP contribution is -2.42. The van der Waals surface area contributed by atoms with Gasteiger partial charge < -0.3 is 10.1 Å². The Hall–Kier alpha value is -0.570. The van der Waals surface area contributed by atoms with Gasteiger partial charge in [0.05, 0.1) is 18.1 Å². The summed E-state index contributed by atoms with van der Waals surface area (Å²) in [6.45, 7) is 10.8. The molecule has 1 saturated heterocycles. The molecule has 3 heteroatoms. The zero-order chi connectivity index (χ0) is 13.5. The third-order valence-corrected chi connectivity index (χ3v) is 4.86. The van der Waals surface area contributed by atoms with Gasteiger partial charge in [0.2, 0.25) is 5.91 Å². The summed E-state index contributed by atoms with van der Waals surface area (Å²) in [5.41, 5.74) is 0.384. The Balaban J connectivity index is 1.93. The van der Waals surface area contributed by atoms with Crippen molar-refractivity contribution in [2.24, 2.45) is 17.3 Å². The number of carbonyl (C=O) groups excluding carboxylic acids is 1. The summed E-state index contributed by atoms with van der Waals surface area (Å²) < 4.78 is 5.75. The van der Waals surface area contributed by atoms with Gasteiger partial charge in [0.15, 0.2) is 0 Å². The molecule has 1 aliphatic heterocycles. The molecule has 0 radical (unpaired) electrons. The molecule has 1 amide bonds. The lowest BCUT2D eigenvalue weighted by molar-refractivity contribution is -0.127. The van der Waals surface area contributed by atoms with E-state index < -0.39 is 0 Å². The maximum Gasteiger partial charge on any atom is 0.226 e. The van der Waals surface area contributed by atoms with Crippen LogP contribution in [0.15, 0.2) is 0 Å². The highest BCUT2D eigenvalue weighted by atomic mass is 16.5. The second-order valence-corrected chi connectivity index (χ2v) is 7.04. The summed E-state index contributed by atoms with van der Waals surface area (Å²) in [7, 11) is 0. The maximum atomic E-state index is 12.4. The van der Waals surface area contributed by atoms with Crippen LogP contribution >= 0.6 is 0 Å². The van der Waals surface area contributed by atoms with Crippen molar-refractivity contribution in [3.63, 3.8) is 0 Å². The molecule has 0 aromatic rings. The molecular formula is C15H27NO2. The predicted octanol–water partition coefficient (Wildman–Crippen LogP) is 2.74. The molecule has 3 nitrogen and oxygen atoms in total. The highest BCUT2D eigenvalue weighted by Crippen LogP contribution is 2.38. The van der Waals surface area contributed by atoms with Gasteiger partial charge in [-0.1, -0.05) is 20.8 Å². The van der Waals surface area contributed by atoms with Crippen LogP contribution in [0, 0.1) is 17.3 Å². The molecule has 1 saturated carbocycles. The molecule has 104 valence electrons. The fourth-order valence-corrected chi connectivity index (χ4v) is 3.58. The van der Waals surface area contributed by atoms with Gasteiger partial charge in [0, 0.05) is 6.04 Å². The summed E-state index contributed by atoms with van der Waals surface area (Å²) in [6.07, 6.45) is 3.66. The van der Waals surface area contributed by atoms with Crippen molar-refractivity contribution in [3.8, 4) is 0 Å². The summed E-state index contributed by atoms with van der Waals surface area (Å²) in [5.74, 6) is 0.528. The Kier molecular flexibility index (Phi) is 3.72. The van der Waals surface area contributed by atoms with Crippen LogP contribution in [0.5, 0.6) is 0 Å². The van der Waals surface area contributed by atoms with Gasteiger partial charge >= 0.3 is 0 Å². The van der Waals surface area contributed by atoms with E-state index in [4.69, 9.17) is 4.74 Å². The Labute approximate surface area is 111 Å². The van der Waals surface area contributed by atoms with Crippen LogP contribution in [0.2, 0.25) is 0 Å². The van der Waals surface area contributed by atoms with E-state index in [1.165, 1.54) is 6.42 Å². The Bertz CT molecular complexity index is 326. The third-order valence-electron chi connectivity index (χ3n) is 4.86. The van der Waals surface area contributed by atoms with Crippen molar-refractivity contribution in [3.05, 3.63) is 0 Å². The van der Waals surface area contributed by atoms with Crippen LogP contribution < -0.4 is 5.32 Å². The first-order valence-electron chi connectivity index (χ1n) is 7.26. The zero-order valence-corrected chi connectivity index (χ0v) is 12.3. The van der Waals surface area contributed by atoms with Gasteiger partial charge in [-0.05, 0) is 44.4 Å². The smallest absolute Gasteiger partial charge is 0.226 e. The lowest BCUT2D eigenvalue weighted by Gasteiger charge is -2.22. The first-order chi connectivity index (χ1) is 8.30. The minimum atomic E-state index is 0.0173. The third kappa shape index (κ3) is 2.71. The second-order valence-electron chi connectivity index (χ2n) is 7.04. The number of carbonyl (C=O) groups is 1. The number of hydrogen-bond acceptors (Lipinski definition) is 2. The fraction of sp³-hybridized carbons (Fsp3) is 0.933. The van der Waals surface area contributed by atoms with E-state index in [1.807, 2.05) is 6.92 Å². The predicted molar refractivity (Wildman–Crippen MR) is 72.2 cm³/mol. The SMILES string of the molecule is CC1OC(C)C(C(=O)NC2CCC(C)(C)C2)C1C. The van der Waals surface area contributed by atoms with Crippen molar-refractivity contribution in [2.45, 2.75) is 72.1 Å². The lowest BCUT2D eigenvalue weighted by atomic mass is 9.88. The Morgan fingerprint density at radius 3 is 2.33 bits per heavy atom. The average Bonchev–Trinajstić information content (AvgIpc) is 2.68. The van der Waals surface area contributed by atoms with Crippen molar-refractivity contribution < 1.29 is 9.53 Å². The molecule has 5 unspecified atom stereocenters. The van der Waals surface area contributed by atoms with E-state index in [0.29, 0.717) is 17.4 Å². The average molecular weight is 253 g/mol. The molecule has 1 N–H and O–H groups in total. The molecule has 18 heavy (non-hydrogen) atoms. The van der Waals surface area contributed by atoms with Crippen LogP contribution in [-0.2, 0) is 9.53 Å². The van der Waals surface area contributed by atoms with Crippen LogP contribution in [0.1, 0.15) is 53.9 Å². The summed E-state index contributed by atoms with van der Waals surface area (Å²) in [6, 6.07) is 0.364. The largest absolute Gasteiger partial charge is 0.374 e. The van der Waals surface area contributed by atoms with Crippen LogP contribution in [0.3, 0.4) is 0 Å². The second kappa shape index (κ2) is 4.84. The minimum Gasteiger partial charge on any atom is -0.374 e. The van der Waals surface area contributed by atoms with E-state index in [0.717, 1.165) is 12.8 Å². The van der Waals surface area contributed by atoms with E-state index in [-0.39, 0.29) is 24.0 Å². The van der Waals surface area contributed by atoms with E-state index >= 15 is 0 Å². The number of nitrogens with one attached hydrogen (secondary N) is 1. The van der Waals surface area contributed by atoms with E-state index in [9.17, 15) is 4.79 Å². The molecular weight excluding hydrogens is 226 g/mol. The van der Waals surface area contributed by atoms with Gasteiger partial charge in [-0.15, -0.1) is 0 Å². The van der Waals surface area contributed by atoms with Gasteiger partial charge in [-0.2, -0.15) is 0 Å². The Morgan fingerprint density at radius 1 is 1.22 bits per heavy atom. The number of hydrogen-bond donors (Lipinski definition) is 1. The molecule has 2 aliphatic rings. The van der Waals surface area contributed by atoms with Gasteiger partial charge in [-0.3, -0.25) is 4.79 Å². The summed E-state index contributed by atoms with van der Waals surface area (Å²) in [4.78, 5) is 12.4. The minimum absolute atomic E-state index is 0.0173. The van der Waals surface area contributed by atoms with Crippen LogP contribution in [0.25, 0.3) is 0 Å². The van der Waals surface area contributed by atoms with Crippen molar-refractivity contribution >= 4 is 5.91 Å². The molecule has 2 rings (SSSR count). The van der Waals surface area contributed by atoms with Crippen LogP contribution in [0.4, 0.5) is 0 Å². The summed E-state index contributed by atoms with van der Waals surface area (Å²) in [5, 5.41) is 3.24. The molecule has 1 aliphatic carbocycles. The molecule has 0 bridgehead atoms. The highest BCUT2D eigenvalue weighted by molar-refractivity contribution is 5.80. The first-order valence-corrected chi connectivity index (χ1v) is 7.26. The van der Waals surface area contributed by atoms with E-state index in [2.05, 4.69) is 33.0 Å². The van der Waals surface area contributed by atoms with Gasteiger partial charge in [0.1, 0.15) is 0 Å². The van der Waals surface area contributed by atoms with Gasteiger partial charge in [0.25, 0.3) is 0 Å². The molecule has 0 spiro atoms. The first kappa shape index (κ1) is 13.9. The van der Waals surface area contributed by atoms with Crippen molar-refractivity contribution in [1.29, 1.82) is 0 Å². The van der Waals surface area contributed by atoms with E-state index in [1.54, 1.807) is 0 Å². The standard InChI is InChI=1S/C15H27NO2/c1-9-10(2)18-11(3)13(9)14(17)16-12-6-7-15(4,5)8-12/h9-13H,6-8H2,1-5H3,(H,16,17). The highest BCUT2D eigenvalue weighted by Gasteiger charge is 2.42. The van der Waals surface area contributed by atoms with Crippen LogP contribution in [-0.4, -0.2) is 24.2 Å². The maximum absolute atomic E-state index is 12.4. The summed E-state index contributed by atoms with van der Waals surface area (Å²) >= 11 is 0. The van der Waals surface area contributed by atoms with Crippen molar-refractivity contribution in [1.82, 2.24) is 5.32 Å². The Morgan fingerprint density at radius 2 is 1.89 bits per heavy atom. The quantitative estimate of drug-likeness (QED) is 0.821. The molecule has 5 atom stereocenters. The molecule has 1 heterocycles. The normalized spacial score (nSPS) is 43.1. The topological polar surface area (TPSA) is 38.3 Å². The number of amides is 1. The fourth-order valence-electron chi connectivity index (χ4n) is 3.58. The number of rotatable bonds is 2. The zero-order valence-electron chi connectivity index (χ0n) is 12.3. The molecule has 2 fully saturated rings.